The molecule has 2 atom stereocenters. The van der Waals surface area contributed by atoms with Crippen molar-refractivity contribution < 1.29 is 4.79 Å². The highest BCUT2D eigenvalue weighted by Gasteiger charge is 2.42. The summed E-state index contributed by atoms with van der Waals surface area (Å²) in [4.78, 5) is 24.4. The Morgan fingerprint density at radius 2 is 2.04 bits per heavy atom. The zero-order valence-corrected chi connectivity index (χ0v) is 14.5. The van der Waals surface area contributed by atoms with Gasteiger partial charge < -0.3 is 5.32 Å². The number of aromatic nitrogens is 3. The summed E-state index contributed by atoms with van der Waals surface area (Å²) in [5.41, 5.74) is 3.24. The lowest BCUT2D eigenvalue weighted by Gasteiger charge is -2.12. The van der Waals surface area contributed by atoms with Gasteiger partial charge in [-0.1, -0.05) is 36.4 Å². The summed E-state index contributed by atoms with van der Waals surface area (Å²) in [5.74, 6) is 0.498. The number of benzene rings is 2. The molecule has 132 valence electrons. The molecular formula is C20H20N4O2. The first kappa shape index (κ1) is 16.3. The van der Waals surface area contributed by atoms with Gasteiger partial charge in [0, 0.05) is 11.6 Å². The number of rotatable bonds is 5. The average Bonchev–Trinajstić information content (AvgIpc) is 3.28. The third kappa shape index (κ3) is 3.18. The van der Waals surface area contributed by atoms with Crippen LogP contribution in [0.1, 0.15) is 17.5 Å². The van der Waals surface area contributed by atoms with Crippen LogP contribution in [0.25, 0.3) is 5.69 Å². The molecule has 4 rings (SSSR count). The van der Waals surface area contributed by atoms with E-state index in [1.54, 1.807) is 0 Å². The van der Waals surface area contributed by atoms with E-state index in [9.17, 15) is 9.59 Å². The molecule has 2 aromatic carbocycles. The highest BCUT2D eigenvalue weighted by molar-refractivity contribution is 5.95. The van der Waals surface area contributed by atoms with Crippen LogP contribution in [-0.2, 0) is 11.2 Å². The van der Waals surface area contributed by atoms with Crippen molar-refractivity contribution in [3.05, 3.63) is 76.5 Å². The van der Waals surface area contributed by atoms with E-state index in [0.29, 0.717) is 11.6 Å². The van der Waals surface area contributed by atoms with Gasteiger partial charge in [0.1, 0.15) is 6.33 Å². The van der Waals surface area contributed by atoms with E-state index in [4.69, 9.17) is 0 Å². The van der Waals surface area contributed by atoms with Crippen molar-refractivity contribution in [2.75, 3.05) is 5.32 Å². The molecule has 1 fully saturated rings. The molecule has 26 heavy (non-hydrogen) atoms. The Morgan fingerprint density at radius 3 is 2.77 bits per heavy atom. The van der Waals surface area contributed by atoms with Gasteiger partial charge in [0.15, 0.2) is 0 Å². The molecule has 1 saturated carbocycles. The summed E-state index contributed by atoms with van der Waals surface area (Å²) in [6, 6.07) is 15.8. The number of hydrogen-bond acceptors (Lipinski definition) is 3. The van der Waals surface area contributed by atoms with E-state index in [1.807, 2.05) is 43.3 Å². The lowest BCUT2D eigenvalue weighted by atomic mass is 10.1. The molecule has 0 spiro atoms. The summed E-state index contributed by atoms with van der Waals surface area (Å²) < 4.78 is 1.43. The minimum atomic E-state index is -0.304. The predicted molar refractivity (Wildman–Crippen MR) is 99.3 cm³/mol. The van der Waals surface area contributed by atoms with Crippen molar-refractivity contribution in [3.8, 4) is 5.69 Å². The van der Waals surface area contributed by atoms with Gasteiger partial charge in [-0.05, 0) is 48.9 Å². The molecule has 2 N–H and O–H groups in total. The van der Waals surface area contributed by atoms with Crippen LogP contribution in [0, 0.1) is 18.8 Å². The van der Waals surface area contributed by atoms with Crippen LogP contribution in [0.3, 0.4) is 0 Å². The summed E-state index contributed by atoms with van der Waals surface area (Å²) >= 11 is 0. The van der Waals surface area contributed by atoms with E-state index in [-0.39, 0.29) is 17.5 Å². The van der Waals surface area contributed by atoms with Gasteiger partial charge in [-0.2, -0.15) is 5.10 Å². The van der Waals surface area contributed by atoms with E-state index in [0.717, 1.165) is 24.1 Å². The number of carbonyl (C=O) groups excluding carboxylic acids is 1. The third-order valence-corrected chi connectivity index (χ3v) is 4.97. The van der Waals surface area contributed by atoms with Gasteiger partial charge in [-0.15, -0.1) is 0 Å². The molecule has 0 saturated heterocycles. The van der Waals surface area contributed by atoms with Crippen LogP contribution in [0.5, 0.6) is 0 Å². The van der Waals surface area contributed by atoms with Crippen LogP contribution in [-0.4, -0.2) is 20.7 Å². The first-order chi connectivity index (χ1) is 12.6. The average molecular weight is 348 g/mol. The van der Waals surface area contributed by atoms with Crippen molar-refractivity contribution in [1.29, 1.82) is 0 Å². The molecule has 6 nitrogen and oxygen atoms in total. The van der Waals surface area contributed by atoms with Crippen LogP contribution in [0.4, 0.5) is 5.69 Å². The zero-order valence-electron chi connectivity index (χ0n) is 14.5. The monoisotopic (exact) mass is 348 g/mol. The Balaban J connectivity index is 1.46. The van der Waals surface area contributed by atoms with E-state index in [1.165, 1.54) is 16.5 Å². The summed E-state index contributed by atoms with van der Waals surface area (Å²) in [5, 5.41) is 9.16. The predicted octanol–water partition coefficient (Wildman–Crippen LogP) is 2.69. The van der Waals surface area contributed by atoms with Crippen LogP contribution in [0.15, 0.2) is 59.7 Å². The number of amides is 1. The molecule has 6 heteroatoms. The maximum Gasteiger partial charge on any atom is 0.347 e. The fraction of sp³-hybridized carbons (Fsp3) is 0.250. The molecule has 0 radical (unpaired) electrons. The van der Waals surface area contributed by atoms with Gasteiger partial charge in [-0.3, -0.25) is 4.79 Å². The lowest BCUT2D eigenvalue weighted by Crippen LogP contribution is -2.18. The van der Waals surface area contributed by atoms with Gasteiger partial charge in [0.2, 0.25) is 5.91 Å². The SMILES string of the molecule is Cc1c(NC(=O)C2CC2Cc2ccccc2)cccc1-n1cn[nH]c1=O. The fourth-order valence-corrected chi connectivity index (χ4v) is 3.38. The smallest absolute Gasteiger partial charge is 0.326 e. The Kier molecular flexibility index (Phi) is 4.16. The molecular weight excluding hydrogens is 328 g/mol. The van der Waals surface area contributed by atoms with Gasteiger partial charge in [0.05, 0.1) is 5.69 Å². The molecule has 2 unspecified atom stereocenters. The fourth-order valence-electron chi connectivity index (χ4n) is 3.38. The number of carbonyl (C=O) groups is 1. The first-order valence-corrected chi connectivity index (χ1v) is 8.70. The normalized spacial score (nSPS) is 18.5. The molecule has 0 bridgehead atoms. The van der Waals surface area contributed by atoms with Crippen molar-refractivity contribution >= 4 is 11.6 Å². The summed E-state index contributed by atoms with van der Waals surface area (Å²) in [6.45, 7) is 1.89. The van der Waals surface area contributed by atoms with Crippen molar-refractivity contribution in [2.45, 2.75) is 19.8 Å². The number of aromatic amines is 1. The van der Waals surface area contributed by atoms with Crippen LogP contribution in [0.2, 0.25) is 0 Å². The van der Waals surface area contributed by atoms with E-state index in [2.05, 4.69) is 27.6 Å². The van der Waals surface area contributed by atoms with Gasteiger partial charge in [-0.25, -0.2) is 14.5 Å². The van der Waals surface area contributed by atoms with Gasteiger partial charge >= 0.3 is 5.69 Å². The van der Waals surface area contributed by atoms with E-state index < -0.39 is 0 Å². The quantitative estimate of drug-likeness (QED) is 0.744. The molecule has 1 aliphatic carbocycles. The maximum atomic E-state index is 12.6. The standard InChI is InChI=1S/C20H20N4O2/c1-13-17(8-5-9-18(13)24-12-21-23-20(24)26)22-19(25)16-11-15(16)10-14-6-3-2-4-7-14/h2-9,12,15-16H,10-11H2,1H3,(H,22,25)(H,23,26). The zero-order chi connectivity index (χ0) is 18.1. The number of nitrogens with one attached hydrogen (secondary N) is 2. The van der Waals surface area contributed by atoms with Crippen LogP contribution < -0.4 is 11.0 Å². The highest BCUT2D eigenvalue weighted by Crippen LogP contribution is 2.42. The van der Waals surface area contributed by atoms with E-state index >= 15 is 0 Å². The van der Waals surface area contributed by atoms with Crippen molar-refractivity contribution in [1.82, 2.24) is 14.8 Å². The first-order valence-electron chi connectivity index (χ1n) is 8.70. The topological polar surface area (TPSA) is 79.8 Å². The minimum Gasteiger partial charge on any atom is -0.326 e. The minimum absolute atomic E-state index is 0.0470. The molecule has 1 aliphatic rings. The highest BCUT2D eigenvalue weighted by atomic mass is 16.2. The number of anilines is 1. The third-order valence-electron chi connectivity index (χ3n) is 4.97. The van der Waals surface area contributed by atoms with Crippen molar-refractivity contribution in [2.24, 2.45) is 11.8 Å². The van der Waals surface area contributed by atoms with Gasteiger partial charge in [0.25, 0.3) is 0 Å². The number of hydrogen-bond donors (Lipinski definition) is 2. The number of H-pyrrole nitrogens is 1. The number of nitrogens with zero attached hydrogens (tertiary/aromatic N) is 2. The maximum absolute atomic E-state index is 12.6. The van der Waals surface area contributed by atoms with Crippen LogP contribution >= 0.6 is 0 Å². The summed E-state index contributed by atoms with van der Waals surface area (Å²) in [6.07, 6.45) is 3.29. The second-order valence-electron chi connectivity index (χ2n) is 6.76. The largest absolute Gasteiger partial charge is 0.347 e. The van der Waals surface area contributed by atoms with Crippen molar-refractivity contribution in [3.63, 3.8) is 0 Å². The Hall–Kier alpha value is -3.15. The molecule has 3 aromatic rings. The molecule has 0 aliphatic heterocycles. The second kappa shape index (κ2) is 6.63. The molecule has 1 aromatic heterocycles. The lowest BCUT2D eigenvalue weighted by molar-refractivity contribution is -0.117. The Morgan fingerprint density at radius 1 is 1.23 bits per heavy atom. The second-order valence-corrected chi connectivity index (χ2v) is 6.76. The Labute approximate surface area is 150 Å². The summed E-state index contributed by atoms with van der Waals surface area (Å²) in [7, 11) is 0. The molecule has 1 heterocycles. The Bertz CT molecular complexity index is 990. The molecule has 1 amide bonds.